The van der Waals surface area contributed by atoms with Gasteiger partial charge in [-0.1, -0.05) is 5.21 Å². The molecule has 1 heterocycles. The second kappa shape index (κ2) is 5.40. The molecule has 0 aliphatic carbocycles. The Morgan fingerprint density at radius 1 is 1.32 bits per heavy atom. The lowest BCUT2D eigenvalue weighted by atomic mass is 10.1. The fourth-order valence-electron chi connectivity index (χ4n) is 1.69. The van der Waals surface area contributed by atoms with Crippen molar-refractivity contribution in [1.82, 2.24) is 15.0 Å². The average molecular weight is 326 g/mol. The number of hydrogen-bond acceptors (Lipinski definition) is 5. The lowest BCUT2D eigenvalue weighted by Gasteiger charge is -2.09. The third-order valence-corrected chi connectivity index (χ3v) is 3.19. The van der Waals surface area contributed by atoms with Gasteiger partial charge in [0.2, 0.25) is 5.78 Å². The highest BCUT2D eigenvalue weighted by atomic mass is 79.9. The van der Waals surface area contributed by atoms with Crippen molar-refractivity contribution < 1.29 is 14.3 Å². The number of nitrogens with zero attached hydrogens (tertiary/aromatic N) is 3. The molecule has 0 atom stereocenters. The van der Waals surface area contributed by atoms with Crippen LogP contribution in [0.3, 0.4) is 0 Å². The molecule has 0 fully saturated rings. The van der Waals surface area contributed by atoms with Crippen LogP contribution in [0.5, 0.6) is 11.5 Å². The fraction of sp³-hybridized carbons (Fsp3) is 0.250. The Hall–Kier alpha value is -1.89. The summed E-state index contributed by atoms with van der Waals surface area (Å²) >= 11 is 3.21. The smallest absolute Gasteiger partial charge is 0.217 e. The monoisotopic (exact) mass is 325 g/mol. The van der Waals surface area contributed by atoms with Crippen LogP contribution < -0.4 is 9.47 Å². The highest BCUT2D eigenvalue weighted by molar-refractivity contribution is 9.10. The molecule has 6 nitrogen and oxygen atoms in total. The number of carbonyl (C=O) groups is 1. The van der Waals surface area contributed by atoms with Crippen molar-refractivity contribution in [3.8, 4) is 11.5 Å². The van der Waals surface area contributed by atoms with Crippen LogP contribution in [0, 0.1) is 0 Å². The number of methoxy groups -OCH3 is 2. The zero-order valence-electron chi connectivity index (χ0n) is 10.7. The van der Waals surface area contributed by atoms with Crippen molar-refractivity contribution in [2.24, 2.45) is 7.05 Å². The predicted molar refractivity (Wildman–Crippen MR) is 71.7 cm³/mol. The third-order valence-electron chi connectivity index (χ3n) is 2.65. The second-order valence-electron chi connectivity index (χ2n) is 3.75. The molecule has 2 aromatic rings. The van der Waals surface area contributed by atoms with E-state index in [4.69, 9.17) is 9.47 Å². The van der Waals surface area contributed by atoms with Gasteiger partial charge in [-0.3, -0.25) is 4.79 Å². The Morgan fingerprint density at radius 3 is 2.58 bits per heavy atom. The summed E-state index contributed by atoms with van der Waals surface area (Å²) in [5.74, 6) is 0.810. The van der Waals surface area contributed by atoms with E-state index in [0.717, 1.165) is 0 Å². The molecule has 0 saturated heterocycles. The minimum atomic E-state index is -0.241. The molecule has 0 spiro atoms. The first kappa shape index (κ1) is 13.5. The number of ether oxygens (including phenoxy) is 2. The first-order valence-electron chi connectivity index (χ1n) is 5.40. The van der Waals surface area contributed by atoms with Crippen LogP contribution in [-0.2, 0) is 7.05 Å². The Bertz CT molecular complexity index is 605. The summed E-state index contributed by atoms with van der Waals surface area (Å²) in [7, 11) is 4.70. The van der Waals surface area contributed by atoms with E-state index in [0.29, 0.717) is 27.4 Å². The van der Waals surface area contributed by atoms with Gasteiger partial charge in [0.25, 0.3) is 0 Å². The molecular formula is C12H12BrN3O3. The molecule has 0 aliphatic rings. The van der Waals surface area contributed by atoms with Gasteiger partial charge in [0.1, 0.15) is 17.2 Å². The molecule has 0 aliphatic heterocycles. The Labute approximate surface area is 118 Å². The summed E-state index contributed by atoms with van der Waals surface area (Å²) in [5.41, 5.74) is 0.750. The summed E-state index contributed by atoms with van der Waals surface area (Å²) in [6, 6.07) is 5.04. The quantitative estimate of drug-likeness (QED) is 0.802. The van der Waals surface area contributed by atoms with Crippen molar-refractivity contribution in [2.45, 2.75) is 0 Å². The largest absolute Gasteiger partial charge is 0.497 e. The van der Waals surface area contributed by atoms with Gasteiger partial charge in [-0.2, -0.15) is 0 Å². The van der Waals surface area contributed by atoms with Gasteiger partial charge < -0.3 is 9.47 Å². The molecule has 0 amide bonds. The van der Waals surface area contributed by atoms with E-state index in [2.05, 4.69) is 26.2 Å². The zero-order chi connectivity index (χ0) is 14.0. The van der Waals surface area contributed by atoms with Gasteiger partial charge in [-0.15, -0.1) is 5.10 Å². The number of carbonyl (C=O) groups excluding carboxylic acids is 1. The number of rotatable bonds is 4. The van der Waals surface area contributed by atoms with E-state index in [-0.39, 0.29) is 5.78 Å². The maximum Gasteiger partial charge on any atom is 0.217 e. The summed E-state index contributed by atoms with van der Waals surface area (Å²) in [6.45, 7) is 0. The van der Waals surface area contributed by atoms with E-state index in [1.807, 2.05) is 0 Å². The molecule has 0 saturated carbocycles. The molecule has 7 heteroatoms. The molecule has 2 rings (SSSR count). The number of aryl methyl sites for hydroxylation is 1. The van der Waals surface area contributed by atoms with Gasteiger partial charge in [-0.05, 0) is 34.1 Å². The molecular weight excluding hydrogens is 314 g/mol. The maximum absolute atomic E-state index is 12.5. The Kier molecular flexibility index (Phi) is 3.84. The second-order valence-corrected chi connectivity index (χ2v) is 4.50. The molecule has 19 heavy (non-hydrogen) atoms. The zero-order valence-corrected chi connectivity index (χ0v) is 12.3. The fourth-order valence-corrected chi connectivity index (χ4v) is 2.20. The Balaban J connectivity index is 2.54. The number of ketones is 1. The van der Waals surface area contributed by atoms with E-state index in [1.54, 1.807) is 25.2 Å². The number of aromatic nitrogens is 3. The topological polar surface area (TPSA) is 66.2 Å². The SMILES string of the molecule is COc1ccc(OC)c(C(=O)c2c(Br)nnn2C)c1. The third kappa shape index (κ3) is 2.46. The predicted octanol–water partition coefficient (Wildman–Crippen LogP) is 1.83. The first-order chi connectivity index (χ1) is 9.08. The number of hydrogen-bond donors (Lipinski definition) is 0. The van der Waals surface area contributed by atoms with Crippen LogP contribution in [0.1, 0.15) is 16.1 Å². The summed E-state index contributed by atoms with van der Waals surface area (Å²) in [6.07, 6.45) is 0. The van der Waals surface area contributed by atoms with E-state index in [9.17, 15) is 4.79 Å². The highest BCUT2D eigenvalue weighted by Crippen LogP contribution is 2.27. The minimum Gasteiger partial charge on any atom is -0.497 e. The van der Waals surface area contributed by atoms with Crippen molar-refractivity contribution in [3.63, 3.8) is 0 Å². The molecule has 100 valence electrons. The van der Waals surface area contributed by atoms with Crippen molar-refractivity contribution in [3.05, 3.63) is 34.1 Å². The molecule has 0 bridgehead atoms. The lowest BCUT2D eigenvalue weighted by Crippen LogP contribution is -2.10. The normalized spacial score (nSPS) is 10.3. The summed E-state index contributed by atoms with van der Waals surface area (Å²) in [4.78, 5) is 12.5. The van der Waals surface area contributed by atoms with E-state index in [1.165, 1.54) is 18.9 Å². The molecule has 0 unspecified atom stereocenters. The first-order valence-corrected chi connectivity index (χ1v) is 6.19. The van der Waals surface area contributed by atoms with Gasteiger partial charge in [0, 0.05) is 7.05 Å². The molecule has 1 aromatic heterocycles. The standard InChI is InChI=1S/C12H12BrN3O3/c1-16-10(12(13)14-15-16)11(17)8-6-7(18-2)4-5-9(8)19-3/h4-6H,1-3H3. The van der Waals surface area contributed by atoms with Gasteiger partial charge in [-0.25, -0.2) is 4.68 Å². The number of benzene rings is 1. The highest BCUT2D eigenvalue weighted by Gasteiger charge is 2.22. The van der Waals surface area contributed by atoms with Crippen LogP contribution in [0.2, 0.25) is 0 Å². The van der Waals surface area contributed by atoms with Gasteiger partial charge >= 0.3 is 0 Å². The lowest BCUT2D eigenvalue weighted by molar-refractivity contribution is 0.102. The molecule has 0 radical (unpaired) electrons. The molecule has 1 aromatic carbocycles. The summed E-state index contributed by atoms with van der Waals surface area (Å²) in [5, 5.41) is 7.59. The molecule has 0 N–H and O–H groups in total. The average Bonchev–Trinajstić information content (AvgIpc) is 2.76. The van der Waals surface area contributed by atoms with Crippen LogP contribution in [-0.4, -0.2) is 35.0 Å². The summed E-state index contributed by atoms with van der Waals surface area (Å²) < 4.78 is 12.1. The van der Waals surface area contributed by atoms with Gasteiger partial charge in [0.05, 0.1) is 19.8 Å². The van der Waals surface area contributed by atoms with Crippen LogP contribution in [0.4, 0.5) is 0 Å². The van der Waals surface area contributed by atoms with Crippen molar-refractivity contribution >= 4 is 21.7 Å². The van der Waals surface area contributed by atoms with Gasteiger partial charge in [0.15, 0.2) is 4.60 Å². The van der Waals surface area contributed by atoms with E-state index < -0.39 is 0 Å². The van der Waals surface area contributed by atoms with Crippen LogP contribution in [0.15, 0.2) is 22.8 Å². The maximum atomic E-state index is 12.5. The van der Waals surface area contributed by atoms with Crippen LogP contribution in [0.25, 0.3) is 0 Å². The Morgan fingerprint density at radius 2 is 2.05 bits per heavy atom. The van der Waals surface area contributed by atoms with Crippen LogP contribution >= 0.6 is 15.9 Å². The van der Waals surface area contributed by atoms with Crippen molar-refractivity contribution in [2.75, 3.05) is 14.2 Å². The van der Waals surface area contributed by atoms with Crippen molar-refractivity contribution in [1.29, 1.82) is 0 Å². The number of halogens is 1. The van der Waals surface area contributed by atoms with E-state index >= 15 is 0 Å². The minimum absolute atomic E-state index is 0.241.